The van der Waals surface area contributed by atoms with Gasteiger partial charge in [-0.15, -0.1) is 0 Å². The largest absolute Gasteiger partial charge is 0.282 e. The second kappa shape index (κ2) is 6.43. The van der Waals surface area contributed by atoms with E-state index in [0.717, 1.165) is 24.2 Å². The summed E-state index contributed by atoms with van der Waals surface area (Å²) >= 11 is 0. The molecule has 1 saturated heterocycles. The van der Waals surface area contributed by atoms with Gasteiger partial charge in [0.25, 0.3) is 0 Å². The van der Waals surface area contributed by atoms with Gasteiger partial charge < -0.3 is 0 Å². The first kappa shape index (κ1) is 16.2. The smallest absolute Gasteiger partial charge is 0.211 e. The van der Waals surface area contributed by atoms with E-state index in [0.29, 0.717) is 19.8 Å². The summed E-state index contributed by atoms with van der Waals surface area (Å²) in [5.74, 6) is 0. The topological polar surface area (TPSA) is 58.4 Å². The average molecular weight is 334 g/mol. The van der Waals surface area contributed by atoms with E-state index >= 15 is 0 Å². The predicted octanol–water partition coefficient (Wildman–Crippen LogP) is 1.39. The molecular weight excluding hydrogens is 312 g/mol. The number of hydrogen-bond donors (Lipinski definition) is 0. The van der Waals surface area contributed by atoms with E-state index in [1.807, 2.05) is 17.1 Å². The van der Waals surface area contributed by atoms with Crippen molar-refractivity contribution in [3.05, 3.63) is 42.2 Å². The average Bonchev–Trinajstić information content (AvgIpc) is 2.96. The van der Waals surface area contributed by atoms with Crippen LogP contribution in [-0.4, -0.2) is 59.8 Å². The minimum absolute atomic E-state index is 0.547. The number of hydrogen-bond acceptors (Lipinski definition) is 4. The fourth-order valence-electron chi connectivity index (χ4n) is 2.74. The van der Waals surface area contributed by atoms with Gasteiger partial charge in [-0.05, 0) is 12.5 Å². The van der Waals surface area contributed by atoms with E-state index < -0.39 is 10.0 Å². The third-order valence-corrected chi connectivity index (χ3v) is 5.47. The van der Waals surface area contributed by atoms with Crippen molar-refractivity contribution in [2.24, 2.45) is 0 Å². The maximum atomic E-state index is 11.5. The van der Waals surface area contributed by atoms with E-state index in [1.54, 1.807) is 0 Å². The minimum Gasteiger partial charge on any atom is -0.282 e. The van der Waals surface area contributed by atoms with Gasteiger partial charge in [0.1, 0.15) is 0 Å². The number of benzene rings is 1. The lowest BCUT2D eigenvalue weighted by Crippen LogP contribution is -2.48. The van der Waals surface area contributed by atoms with Crippen molar-refractivity contribution < 1.29 is 8.42 Å². The highest BCUT2D eigenvalue weighted by molar-refractivity contribution is 7.88. The molecule has 7 heteroatoms. The summed E-state index contributed by atoms with van der Waals surface area (Å²) in [6, 6.07) is 8.39. The summed E-state index contributed by atoms with van der Waals surface area (Å²) in [5, 5.41) is 4.42. The SMILES string of the molecule is Cc1ccc(-c2cnn(CN3CCN(S(C)(=O)=O)CC3)c2)cc1. The Bertz CT molecular complexity index is 760. The van der Waals surface area contributed by atoms with E-state index in [4.69, 9.17) is 0 Å². The summed E-state index contributed by atoms with van der Waals surface area (Å²) < 4.78 is 26.5. The molecule has 1 aromatic heterocycles. The fraction of sp³-hybridized carbons (Fsp3) is 0.438. The van der Waals surface area contributed by atoms with Crippen LogP contribution in [0.1, 0.15) is 5.56 Å². The summed E-state index contributed by atoms with van der Waals surface area (Å²) in [7, 11) is -3.07. The maximum Gasteiger partial charge on any atom is 0.211 e. The molecule has 23 heavy (non-hydrogen) atoms. The van der Waals surface area contributed by atoms with Crippen molar-refractivity contribution in [2.45, 2.75) is 13.6 Å². The molecule has 0 spiro atoms. The molecule has 3 rings (SSSR count). The normalized spacial score (nSPS) is 17.5. The Morgan fingerprint density at radius 1 is 1.04 bits per heavy atom. The van der Waals surface area contributed by atoms with Crippen LogP contribution in [0, 0.1) is 6.92 Å². The number of aromatic nitrogens is 2. The number of aryl methyl sites for hydroxylation is 1. The molecule has 0 aliphatic carbocycles. The molecule has 1 aliphatic rings. The Labute approximate surface area is 137 Å². The molecule has 0 bridgehead atoms. The molecular formula is C16H22N4O2S. The lowest BCUT2D eigenvalue weighted by Gasteiger charge is -2.32. The second-order valence-electron chi connectivity index (χ2n) is 6.06. The molecule has 1 aliphatic heterocycles. The van der Waals surface area contributed by atoms with Gasteiger partial charge in [-0.25, -0.2) is 8.42 Å². The van der Waals surface area contributed by atoms with Crippen molar-refractivity contribution in [1.29, 1.82) is 0 Å². The molecule has 6 nitrogen and oxygen atoms in total. The molecule has 0 saturated carbocycles. The summed E-state index contributed by atoms with van der Waals surface area (Å²) in [6.45, 7) is 5.31. The lowest BCUT2D eigenvalue weighted by molar-refractivity contribution is 0.146. The van der Waals surface area contributed by atoms with Crippen molar-refractivity contribution in [1.82, 2.24) is 19.0 Å². The summed E-state index contributed by atoms with van der Waals surface area (Å²) in [5.41, 5.74) is 3.49. The third kappa shape index (κ3) is 3.99. The maximum absolute atomic E-state index is 11.5. The molecule has 0 amide bonds. The highest BCUT2D eigenvalue weighted by Gasteiger charge is 2.23. The van der Waals surface area contributed by atoms with Gasteiger partial charge in [0.15, 0.2) is 0 Å². The molecule has 124 valence electrons. The van der Waals surface area contributed by atoms with Gasteiger partial charge >= 0.3 is 0 Å². The molecule has 0 N–H and O–H groups in total. The van der Waals surface area contributed by atoms with Gasteiger partial charge in [-0.3, -0.25) is 9.58 Å². The van der Waals surface area contributed by atoms with Crippen LogP contribution >= 0.6 is 0 Å². The summed E-state index contributed by atoms with van der Waals surface area (Å²) in [6.07, 6.45) is 5.18. The molecule has 1 fully saturated rings. The van der Waals surface area contributed by atoms with Gasteiger partial charge in [-0.2, -0.15) is 9.40 Å². The van der Waals surface area contributed by atoms with Crippen LogP contribution in [0.5, 0.6) is 0 Å². The lowest BCUT2D eigenvalue weighted by atomic mass is 10.1. The van der Waals surface area contributed by atoms with Crippen molar-refractivity contribution in [2.75, 3.05) is 32.4 Å². The number of nitrogens with zero attached hydrogens (tertiary/aromatic N) is 4. The highest BCUT2D eigenvalue weighted by atomic mass is 32.2. The van der Waals surface area contributed by atoms with Crippen LogP contribution in [0.2, 0.25) is 0 Å². The molecule has 2 heterocycles. The van der Waals surface area contributed by atoms with Crippen LogP contribution in [-0.2, 0) is 16.7 Å². The molecule has 0 unspecified atom stereocenters. The van der Waals surface area contributed by atoms with Crippen LogP contribution < -0.4 is 0 Å². The molecule has 1 aromatic carbocycles. The molecule has 2 aromatic rings. The van der Waals surface area contributed by atoms with Gasteiger partial charge in [-0.1, -0.05) is 29.8 Å². The molecule has 0 atom stereocenters. The van der Waals surface area contributed by atoms with Crippen LogP contribution in [0.4, 0.5) is 0 Å². The van der Waals surface area contributed by atoms with E-state index in [-0.39, 0.29) is 0 Å². The Morgan fingerprint density at radius 2 is 1.70 bits per heavy atom. The first-order chi connectivity index (χ1) is 10.9. The number of piperazine rings is 1. The van der Waals surface area contributed by atoms with E-state index in [9.17, 15) is 8.42 Å². The Balaban J connectivity index is 1.61. The Hall–Kier alpha value is -1.70. The van der Waals surface area contributed by atoms with E-state index in [2.05, 4.69) is 41.2 Å². The minimum atomic E-state index is -3.07. The first-order valence-corrected chi connectivity index (χ1v) is 9.53. The van der Waals surface area contributed by atoms with E-state index in [1.165, 1.54) is 16.1 Å². The second-order valence-corrected chi connectivity index (χ2v) is 8.04. The predicted molar refractivity (Wildman–Crippen MR) is 90.4 cm³/mol. The number of rotatable bonds is 4. The van der Waals surface area contributed by atoms with Crippen molar-refractivity contribution >= 4 is 10.0 Å². The van der Waals surface area contributed by atoms with Crippen LogP contribution in [0.25, 0.3) is 11.1 Å². The quantitative estimate of drug-likeness (QED) is 0.848. The zero-order chi connectivity index (χ0) is 16.4. The fourth-order valence-corrected chi connectivity index (χ4v) is 3.57. The van der Waals surface area contributed by atoms with Gasteiger partial charge in [0.05, 0.1) is 19.1 Å². The van der Waals surface area contributed by atoms with Crippen molar-refractivity contribution in [3.8, 4) is 11.1 Å². The standard InChI is InChI=1S/C16H22N4O2S/c1-14-3-5-15(6-4-14)16-11-17-19(12-16)13-18-7-9-20(10-8-18)23(2,21)22/h3-6,11-12H,7-10,13H2,1-2H3. The Kier molecular flexibility index (Phi) is 4.52. The van der Waals surface area contributed by atoms with Crippen LogP contribution in [0.15, 0.2) is 36.7 Å². The highest BCUT2D eigenvalue weighted by Crippen LogP contribution is 2.19. The number of sulfonamides is 1. The zero-order valence-electron chi connectivity index (χ0n) is 13.5. The molecule has 0 radical (unpaired) electrons. The van der Waals surface area contributed by atoms with Gasteiger partial charge in [0, 0.05) is 37.9 Å². The third-order valence-electron chi connectivity index (χ3n) is 4.16. The first-order valence-electron chi connectivity index (χ1n) is 7.69. The van der Waals surface area contributed by atoms with Crippen LogP contribution in [0.3, 0.4) is 0 Å². The Morgan fingerprint density at radius 3 is 2.30 bits per heavy atom. The monoisotopic (exact) mass is 334 g/mol. The van der Waals surface area contributed by atoms with Crippen molar-refractivity contribution in [3.63, 3.8) is 0 Å². The summed E-state index contributed by atoms with van der Waals surface area (Å²) in [4.78, 5) is 2.22. The van der Waals surface area contributed by atoms with Gasteiger partial charge in [0.2, 0.25) is 10.0 Å². The zero-order valence-corrected chi connectivity index (χ0v) is 14.3.